The predicted molar refractivity (Wildman–Crippen MR) is 77.0 cm³/mol. The van der Waals surface area contributed by atoms with E-state index in [-0.39, 0.29) is 6.04 Å². The summed E-state index contributed by atoms with van der Waals surface area (Å²) in [7, 11) is 0. The number of hydrogen-bond donors (Lipinski definition) is 1. The van der Waals surface area contributed by atoms with Gasteiger partial charge in [-0.1, -0.05) is 18.2 Å². The fourth-order valence-electron chi connectivity index (χ4n) is 1.90. The molecule has 0 aliphatic carbocycles. The molecule has 1 unspecified atom stereocenters. The van der Waals surface area contributed by atoms with Crippen molar-refractivity contribution in [2.45, 2.75) is 19.5 Å². The molecule has 0 spiro atoms. The van der Waals surface area contributed by atoms with Gasteiger partial charge in [-0.05, 0) is 36.8 Å². The zero-order valence-electron chi connectivity index (χ0n) is 11.4. The average Bonchev–Trinajstić information content (AvgIpc) is 2.50. The summed E-state index contributed by atoms with van der Waals surface area (Å²) < 4.78 is 5.45. The van der Waals surface area contributed by atoms with Crippen molar-refractivity contribution in [3.8, 4) is 11.8 Å². The molecule has 0 amide bonds. The molecule has 2 rings (SSSR count). The fraction of sp³-hybridized carbons (Fsp3) is 0.250. The summed E-state index contributed by atoms with van der Waals surface area (Å²) in [6.07, 6.45) is 1.74. The summed E-state index contributed by atoms with van der Waals surface area (Å²) in [5, 5.41) is 12.5. The van der Waals surface area contributed by atoms with Crippen molar-refractivity contribution in [1.82, 2.24) is 10.3 Å². The average molecular weight is 267 g/mol. The second-order valence-corrected chi connectivity index (χ2v) is 4.27. The van der Waals surface area contributed by atoms with Gasteiger partial charge < -0.3 is 4.74 Å². The molecule has 20 heavy (non-hydrogen) atoms. The highest BCUT2D eigenvalue weighted by molar-refractivity contribution is 5.33. The van der Waals surface area contributed by atoms with Gasteiger partial charge in [0.25, 0.3) is 0 Å². The number of ether oxygens (including phenoxy) is 1. The first-order valence-corrected chi connectivity index (χ1v) is 6.59. The van der Waals surface area contributed by atoms with Crippen LogP contribution in [0.1, 0.15) is 24.2 Å². The molecule has 0 radical (unpaired) electrons. The summed E-state index contributed by atoms with van der Waals surface area (Å²) in [5.41, 5.74) is 1.81. The van der Waals surface area contributed by atoms with Crippen LogP contribution in [0.4, 0.5) is 0 Å². The molecule has 0 bridgehead atoms. The maximum absolute atomic E-state index is 9.30. The SMILES string of the molecule is CCOc1cccc(C(C#N)NCc2ccccn2)c1. The Balaban J connectivity index is 2.05. The molecule has 0 saturated carbocycles. The molecule has 0 fully saturated rings. The van der Waals surface area contributed by atoms with Crippen LogP contribution in [-0.4, -0.2) is 11.6 Å². The molecule has 102 valence electrons. The van der Waals surface area contributed by atoms with E-state index in [1.807, 2.05) is 49.4 Å². The maximum atomic E-state index is 9.30. The lowest BCUT2D eigenvalue weighted by Crippen LogP contribution is -2.20. The number of pyridine rings is 1. The number of nitrogens with zero attached hydrogens (tertiary/aromatic N) is 2. The van der Waals surface area contributed by atoms with Crippen molar-refractivity contribution in [3.05, 3.63) is 59.9 Å². The molecular weight excluding hydrogens is 250 g/mol. The van der Waals surface area contributed by atoms with Gasteiger partial charge in [-0.3, -0.25) is 10.3 Å². The quantitative estimate of drug-likeness (QED) is 0.874. The molecule has 1 atom stereocenters. The predicted octanol–water partition coefficient (Wildman–Crippen LogP) is 2.83. The molecule has 1 N–H and O–H groups in total. The van der Waals surface area contributed by atoms with Gasteiger partial charge in [0.05, 0.1) is 18.4 Å². The molecule has 0 aliphatic heterocycles. The largest absolute Gasteiger partial charge is 0.494 e. The molecule has 2 aromatic rings. The number of rotatable bonds is 6. The minimum atomic E-state index is -0.377. The van der Waals surface area contributed by atoms with E-state index >= 15 is 0 Å². The molecule has 4 heteroatoms. The lowest BCUT2D eigenvalue weighted by Gasteiger charge is -2.13. The summed E-state index contributed by atoms with van der Waals surface area (Å²) in [4.78, 5) is 4.23. The zero-order valence-corrected chi connectivity index (χ0v) is 11.4. The number of aromatic nitrogens is 1. The Hall–Kier alpha value is -2.38. The number of nitriles is 1. The normalized spacial score (nSPS) is 11.6. The molecule has 4 nitrogen and oxygen atoms in total. The second kappa shape index (κ2) is 7.27. The van der Waals surface area contributed by atoms with Crippen LogP contribution >= 0.6 is 0 Å². The van der Waals surface area contributed by atoms with Gasteiger partial charge in [-0.15, -0.1) is 0 Å². The van der Waals surface area contributed by atoms with Crippen LogP contribution in [0.3, 0.4) is 0 Å². The molecule has 0 saturated heterocycles. The third kappa shape index (κ3) is 3.81. The van der Waals surface area contributed by atoms with E-state index in [2.05, 4.69) is 16.4 Å². The van der Waals surface area contributed by atoms with E-state index in [4.69, 9.17) is 4.74 Å². The number of hydrogen-bond acceptors (Lipinski definition) is 4. The topological polar surface area (TPSA) is 57.9 Å². The minimum absolute atomic E-state index is 0.377. The first kappa shape index (κ1) is 14.0. The molecule has 1 heterocycles. The van der Waals surface area contributed by atoms with Crippen molar-refractivity contribution in [3.63, 3.8) is 0 Å². The van der Waals surface area contributed by atoms with Crippen molar-refractivity contribution < 1.29 is 4.74 Å². The van der Waals surface area contributed by atoms with Gasteiger partial charge in [-0.2, -0.15) is 5.26 Å². The second-order valence-electron chi connectivity index (χ2n) is 4.27. The van der Waals surface area contributed by atoms with Gasteiger partial charge in [0.2, 0.25) is 0 Å². The van der Waals surface area contributed by atoms with Crippen LogP contribution in [0.15, 0.2) is 48.7 Å². The Labute approximate surface area is 119 Å². The van der Waals surface area contributed by atoms with Gasteiger partial charge in [0, 0.05) is 12.7 Å². The van der Waals surface area contributed by atoms with Crippen LogP contribution in [-0.2, 0) is 6.54 Å². The van der Waals surface area contributed by atoms with E-state index in [9.17, 15) is 5.26 Å². The van der Waals surface area contributed by atoms with Crippen molar-refractivity contribution in [1.29, 1.82) is 5.26 Å². The van der Waals surface area contributed by atoms with Crippen molar-refractivity contribution in [2.24, 2.45) is 0 Å². The summed E-state index contributed by atoms with van der Waals surface area (Å²) in [6.45, 7) is 3.10. The van der Waals surface area contributed by atoms with Gasteiger partial charge in [0.1, 0.15) is 11.8 Å². The Morgan fingerprint density at radius 2 is 2.20 bits per heavy atom. The number of nitrogens with one attached hydrogen (secondary N) is 1. The van der Waals surface area contributed by atoms with Crippen LogP contribution in [0, 0.1) is 11.3 Å². The first-order chi connectivity index (χ1) is 9.83. The minimum Gasteiger partial charge on any atom is -0.494 e. The van der Waals surface area contributed by atoms with Crippen LogP contribution < -0.4 is 10.1 Å². The van der Waals surface area contributed by atoms with Gasteiger partial charge in [0.15, 0.2) is 0 Å². The Bertz CT molecular complexity index is 578. The lowest BCUT2D eigenvalue weighted by molar-refractivity contribution is 0.339. The molecule has 1 aromatic heterocycles. The van der Waals surface area contributed by atoms with E-state index in [1.165, 1.54) is 0 Å². The van der Waals surface area contributed by atoms with Crippen molar-refractivity contribution >= 4 is 0 Å². The monoisotopic (exact) mass is 267 g/mol. The zero-order chi connectivity index (χ0) is 14.2. The standard InChI is InChI=1S/C16H17N3O/c1-2-20-15-8-5-6-13(10-15)16(11-17)19-12-14-7-3-4-9-18-14/h3-10,16,19H,2,12H2,1H3. The smallest absolute Gasteiger partial charge is 0.121 e. The maximum Gasteiger partial charge on any atom is 0.121 e. The number of benzene rings is 1. The van der Waals surface area contributed by atoms with Gasteiger partial charge in [-0.25, -0.2) is 0 Å². The molecule has 0 aliphatic rings. The van der Waals surface area contributed by atoms with Gasteiger partial charge >= 0.3 is 0 Å². The Morgan fingerprint density at radius 3 is 2.90 bits per heavy atom. The van der Waals surface area contributed by atoms with E-state index < -0.39 is 0 Å². The lowest BCUT2D eigenvalue weighted by atomic mass is 10.1. The summed E-state index contributed by atoms with van der Waals surface area (Å²) in [5.74, 6) is 0.782. The van der Waals surface area contributed by atoms with Crippen LogP contribution in [0.5, 0.6) is 5.75 Å². The van der Waals surface area contributed by atoms with E-state index in [0.29, 0.717) is 13.2 Å². The van der Waals surface area contributed by atoms with E-state index in [1.54, 1.807) is 6.20 Å². The highest BCUT2D eigenvalue weighted by atomic mass is 16.5. The van der Waals surface area contributed by atoms with Crippen LogP contribution in [0.2, 0.25) is 0 Å². The third-order valence-corrected chi connectivity index (χ3v) is 2.84. The molecular formula is C16H17N3O. The third-order valence-electron chi connectivity index (χ3n) is 2.84. The summed E-state index contributed by atoms with van der Waals surface area (Å²) >= 11 is 0. The highest BCUT2D eigenvalue weighted by Gasteiger charge is 2.10. The Morgan fingerprint density at radius 1 is 1.30 bits per heavy atom. The van der Waals surface area contributed by atoms with E-state index in [0.717, 1.165) is 17.0 Å². The Kier molecular flexibility index (Phi) is 5.10. The molecule has 1 aromatic carbocycles. The fourth-order valence-corrected chi connectivity index (χ4v) is 1.90. The van der Waals surface area contributed by atoms with Crippen molar-refractivity contribution in [2.75, 3.05) is 6.61 Å². The first-order valence-electron chi connectivity index (χ1n) is 6.59. The van der Waals surface area contributed by atoms with Crippen LogP contribution in [0.25, 0.3) is 0 Å². The summed E-state index contributed by atoms with van der Waals surface area (Å²) in [6, 6.07) is 15.2. The highest BCUT2D eigenvalue weighted by Crippen LogP contribution is 2.19.